The first kappa shape index (κ1) is 35.4. The Hall–Kier alpha value is -3.80. The van der Waals surface area contributed by atoms with Gasteiger partial charge >= 0.3 is 24.3 Å². The Kier molecular flexibility index (Phi) is 12.4. The summed E-state index contributed by atoms with van der Waals surface area (Å²) in [7, 11) is 0. The van der Waals surface area contributed by atoms with Gasteiger partial charge in [0.15, 0.2) is 5.82 Å². The van der Waals surface area contributed by atoms with Crippen LogP contribution in [0.5, 0.6) is 0 Å². The number of amides is 1. The highest BCUT2D eigenvalue weighted by atomic mass is 19.4. The lowest BCUT2D eigenvalue weighted by Crippen LogP contribution is -2.44. The third-order valence-corrected chi connectivity index (χ3v) is 6.68. The second-order valence-corrected chi connectivity index (χ2v) is 10.0. The lowest BCUT2D eigenvalue weighted by atomic mass is 9.78. The lowest BCUT2D eigenvalue weighted by molar-refractivity contribution is -0.193. The largest absolute Gasteiger partial charge is 0.490 e. The summed E-state index contributed by atoms with van der Waals surface area (Å²) < 4.78 is 71.4. The van der Waals surface area contributed by atoms with Gasteiger partial charge in [0, 0.05) is 36.9 Å². The number of fused-ring (bicyclic) bond motifs is 1. The van der Waals surface area contributed by atoms with Crippen molar-refractivity contribution in [2.24, 2.45) is 5.41 Å². The fourth-order valence-electron chi connectivity index (χ4n) is 4.14. The number of carboxylic acid groups (broad SMARTS) is 2. The van der Waals surface area contributed by atoms with Crippen molar-refractivity contribution >= 4 is 17.8 Å². The number of aliphatic carboxylic acids is 2. The Morgan fingerprint density at radius 3 is 2.14 bits per heavy atom. The van der Waals surface area contributed by atoms with E-state index < -0.39 is 24.3 Å². The van der Waals surface area contributed by atoms with Gasteiger partial charge in [0.2, 0.25) is 5.82 Å². The Balaban J connectivity index is 0.000000384. The van der Waals surface area contributed by atoms with E-state index in [2.05, 4.69) is 38.4 Å². The summed E-state index contributed by atoms with van der Waals surface area (Å²) >= 11 is 0. The number of hydrogen-bond acceptors (Lipinski definition) is 8. The molecule has 1 saturated heterocycles. The zero-order valence-electron chi connectivity index (χ0n) is 23.3. The fraction of sp³-hybridized carbons (Fsp3) is 0.600. The van der Waals surface area contributed by atoms with Crippen LogP contribution in [0.15, 0.2) is 24.5 Å². The molecule has 0 aromatic carbocycles. The van der Waals surface area contributed by atoms with Gasteiger partial charge in [-0.15, -0.1) is 10.2 Å². The molecule has 43 heavy (non-hydrogen) atoms. The number of aromatic nitrogens is 4. The zero-order chi connectivity index (χ0) is 32.4. The van der Waals surface area contributed by atoms with E-state index in [1.165, 1.54) is 5.56 Å². The molecule has 12 nitrogen and oxygen atoms in total. The van der Waals surface area contributed by atoms with Crippen molar-refractivity contribution in [3.05, 3.63) is 41.7 Å². The molecule has 2 aromatic rings. The van der Waals surface area contributed by atoms with Gasteiger partial charge in [-0.25, -0.2) is 9.59 Å². The van der Waals surface area contributed by atoms with Crippen LogP contribution in [0.25, 0.3) is 0 Å². The molecule has 2 aromatic heterocycles. The van der Waals surface area contributed by atoms with Crippen molar-refractivity contribution in [2.45, 2.75) is 71.2 Å². The van der Waals surface area contributed by atoms with Crippen LogP contribution in [0.2, 0.25) is 0 Å². The number of carboxylic acids is 2. The number of rotatable bonds is 5. The molecule has 18 heteroatoms. The zero-order valence-corrected chi connectivity index (χ0v) is 23.3. The molecule has 1 fully saturated rings. The van der Waals surface area contributed by atoms with Crippen molar-refractivity contribution in [3.63, 3.8) is 0 Å². The highest BCUT2D eigenvalue weighted by molar-refractivity contribution is 5.90. The first-order chi connectivity index (χ1) is 20.0. The quantitative estimate of drug-likeness (QED) is 0.421. The van der Waals surface area contributed by atoms with E-state index in [4.69, 9.17) is 24.5 Å². The van der Waals surface area contributed by atoms with Crippen molar-refractivity contribution in [3.8, 4) is 0 Å². The Morgan fingerprint density at radius 2 is 1.65 bits per heavy atom. The summed E-state index contributed by atoms with van der Waals surface area (Å²) in [4.78, 5) is 37.2. The van der Waals surface area contributed by atoms with E-state index in [0.717, 1.165) is 51.3 Å². The number of halogens is 6. The number of nitrogens with one attached hydrogen (secondary N) is 1. The standard InChI is InChI=1S/C21H30N6O2.2C2HF3O2/c1-3-16(2)23-20(28)19-25-24-18-13-29-15-21(14-27(18)19)6-9-26(10-7-21)12-17-5-4-8-22-11-17;2*3-2(4,5)1(6)7/h4-5,8,11,16H,3,6-7,9-10,12-15H2,1-2H3,(H,23,28);2*(H,6,7). The Labute approximate surface area is 242 Å². The Bertz CT molecular complexity index is 1190. The molecule has 2 aliphatic heterocycles. The molecule has 1 spiro atoms. The molecule has 4 heterocycles. The monoisotopic (exact) mass is 626 g/mol. The number of pyridine rings is 1. The minimum Gasteiger partial charge on any atom is -0.475 e. The molecule has 1 atom stereocenters. The molecule has 0 bridgehead atoms. The van der Waals surface area contributed by atoms with Gasteiger partial charge in [-0.3, -0.25) is 14.7 Å². The van der Waals surface area contributed by atoms with Crippen molar-refractivity contribution in [1.82, 2.24) is 30.0 Å². The average Bonchev–Trinajstić information content (AvgIpc) is 3.23. The highest BCUT2D eigenvalue weighted by Crippen LogP contribution is 2.36. The molecule has 1 unspecified atom stereocenters. The van der Waals surface area contributed by atoms with Gasteiger partial charge in [-0.2, -0.15) is 26.3 Å². The maximum atomic E-state index is 12.7. The predicted octanol–water partition coefficient (Wildman–Crippen LogP) is 3.28. The number of alkyl halides is 6. The summed E-state index contributed by atoms with van der Waals surface area (Å²) in [6.07, 6.45) is -3.49. The topological polar surface area (TPSA) is 160 Å². The summed E-state index contributed by atoms with van der Waals surface area (Å²) in [6, 6.07) is 4.22. The van der Waals surface area contributed by atoms with Crippen LogP contribution < -0.4 is 5.32 Å². The number of hydrogen-bond donors (Lipinski definition) is 3. The molecule has 0 aliphatic carbocycles. The van der Waals surface area contributed by atoms with E-state index in [-0.39, 0.29) is 17.4 Å². The normalized spacial score (nSPS) is 17.2. The van der Waals surface area contributed by atoms with E-state index >= 15 is 0 Å². The molecule has 2 aliphatic rings. The molecule has 240 valence electrons. The van der Waals surface area contributed by atoms with Gasteiger partial charge in [-0.1, -0.05) is 13.0 Å². The molecule has 0 saturated carbocycles. The van der Waals surface area contributed by atoms with Crippen molar-refractivity contribution in [1.29, 1.82) is 0 Å². The van der Waals surface area contributed by atoms with Gasteiger partial charge in [0.1, 0.15) is 6.61 Å². The number of nitrogens with zero attached hydrogens (tertiary/aromatic N) is 5. The molecule has 1 amide bonds. The van der Waals surface area contributed by atoms with Crippen LogP contribution >= 0.6 is 0 Å². The minimum atomic E-state index is -5.08. The number of ether oxygens (including phenoxy) is 1. The SMILES string of the molecule is CCC(C)NC(=O)c1nnc2n1CC1(CCN(Cc3cccnc3)CC1)COC2.O=C(O)C(F)(F)F.O=C(O)C(F)(F)F. The number of carbonyl (C=O) groups is 3. The van der Waals surface area contributed by atoms with Crippen LogP contribution in [-0.2, 0) is 34.0 Å². The summed E-state index contributed by atoms with van der Waals surface area (Å²) in [6.45, 7) is 8.82. The predicted molar refractivity (Wildman–Crippen MR) is 135 cm³/mol. The van der Waals surface area contributed by atoms with E-state index in [1.54, 1.807) is 0 Å². The maximum absolute atomic E-state index is 12.7. The van der Waals surface area contributed by atoms with E-state index in [1.807, 2.05) is 30.0 Å². The maximum Gasteiger partial charge on any atom is 0.490 e. The molecular formula is C25H32F6N6O6. The van der Waals surface area contributed by atoms with E-state index in [9.17, 15) is 31.1 Å². The number of carbonyl (C=O) groups excluding carboxylic acids is 1. The Morgan fingerprint density at radius 1 is 1.07 bits per heavy atom. The molecule has 4 rings (SSSR count). The van der Waals surface area contributed by atoms with Crippen molar-refractivity contribution in [2.75, 3.05) is 19.7 Å². The number of piperidine rings is 1. The number of likely N-dealkylation sites (tertiary alicyclic amines) is 1. The summed E-state index contributed by atoms with van der Waals surface area (Å²) in [5, 5.41) is 25.7. The first-order valence-corrected chi connectivity index (χ1v) is 13.0. The van der Waals surface area contributed by atoms with Crippen LogP contribution in [0.4, 0.5) is 26.3 Å². The van der Waals surface area contributed by atoms with Crippen LogP contribution in [-0.4, -0.2) is 90.8 Å². The smallest absolute Gasteiger partial charge is 0.475 e. The third-order valence-electron chi connectivity index (χ3n) is 6.68. The second-order valence-electron chi connectivity index (χ2n) is 10.0. The van der Waals surface area contributed by atoms with Crippen molar-refractivity contribution < 1.29 is 55.7 Å². The fourth-order valence-corrected chi connectivity index (χ4v) is 4.14. The molecular weight excluding hydrogens is 594 g/mol. The third kappa shape index (κ3) is 11.1. The van der Waals surface area contributed by atoms with Gasteiger partial charge < -0.3 is 24.8 Å². The van der Waals surface area contributed by atoms with Crippen LogP contribution in [0.3, 0.4) is 0 Å². The van der Waals surface area contributed by atoms with E-state index in [0.29, 0.717) is 19.0 Å². The highest BCUT2D eigenvalue weighted by Gasteiger charge is 2.40. The van der Waals surface area contributed by atoms with Crippen LogP contribution in [0.1, 0.15) is 55.1 Å². The van der Waals surface area contributed by atoms with Gasteiger partial charge in [-0.05, 0) is 50.9 Å². The molecule has 3 N–H and O–H groups in total. The first-order valence-electron chi connectivity index (χ1n) is 13.0. The summed E-state index contributed by atoms with van der Waals surface area (Å²) in [5.41, 5.74) is 1.26. The second kappa shape index (κ2) is 15.1. The average molecular weight is 627 g/mol. The lowest BCUT2D eigenvalue weighted by Gasteiger charge is -2.41. The minimum absolute atomic E-state index is 0.0183. The van der Waals surface area contributed by atoms with Gasteiger partial charge in [0.05, 0.1) is 6.61 Å². The molecule has 0 radical (unpaired) electrons. The summed E-state index contributed by atoms with van der Waals surface area (Å²) in [5.74, 6) is -4.51. The van der Waals surface area contributed by atoms with Crippen LogP contribution in [0, 0.1) is 5.41 Å². The van der Waals surface area contributed by atoms with Gasteiger partial charge in [0.25, 0.3) is 5.91 Å².